The van der Waals surface area contributed by atoms with Crippen molar-refractivity contribution in [3.8, 4) is 0 Å². The molecule has 2 rings (SSSR count). The number of hydrogen-bond acceptors (Lipinski definition) is 3. The molecule has 0 spiro atoms. The van der Waals surface area contributed by atoms with Crippen LogP contribution in [0.15, 0.2) is 23.1 Å². The highest BCUT2D eigenvalue weighted by Gasteiger charge is 2.24. The first kappa shape index (κ1) is 18.9. The summed E-state index contributed by atoms with van der Waals surface area (Å²) in [4.78, 5) is 12.7. The second kappa shape index (κ2) is 8.12. The second-order valence-corrected chi connectivity index (χ2v) is 8.33. The molecule has 0 radical (unpaired) electrons. The minimum atomic E-state index is -3.52. The van der Waals surface area contributed by atoms with Gasteiger partial charge in [0.15, 0.2) is 0 Å². The SMILES string of the molecule is CCN(CC)S(=O)(=O)c1ccc(C)c(NC(=O)C2CCCCC2)c1. The van der Waals surface area contributed by atoms with Gasteiger partial charge in [-0.15, -0.1) is 0 Å². The number of hydrogen-bond donors (Lipinski definition) is 1. The first-order valence-corrected chi connectivity index (χ1v) is 10.3. The number of anilines is 1. The molecule has 6 heteroatoms. The molecule has 1 amide bonds. The van der Waals surface area contributed by atoms with Gasteiger partial charge in [0.1, 0.15) is 0 Å². The van der Waals surface area contributed by atoms with Crippen LogP contribution in [0.1, 0.15) is 51.5 Å². The number of carbonyl (C=O) groups is 1. The van der Waals surface area contributed by atoms with Gasteiger partial charge in [0.2, 0.25) is 15.9 Å². The number of carbonyl (C=O) groups excluding carboxylic acids is 1. The van der Waals surface area contributed by atoms with Crippen LogP contribution in [0.5, 0.6) is 0 Å². The van der Waals surface area contributed by atoms with E-state index < -0.39 is 10.0 Å². The van der Waals surface area contributed by atoms with E-state index in [-0.39, 0.29) is 16.7 Å². The molecule has 1 aliphatic rings. The lowest BCUT2D eigenvalue weighted by Gasteiger charge is -2.22. The zero-order chi connectivity index (χ0) is 17.7. The summed E-state index contributed by atoms with van der Waals surface area (Å²) in [7, 11) is -3.52. The van der Waals surface area contributed by atoms with Gasteiger partial charge in [-0.2, -0.15) is 4.31 Å². The molecule has 134 valence electrons. The topological polar surface area (TPSA) is 66.5 Å². The quantitative estimate of drug-likeness (QED) is 0.851. The van der Waals surface area contributed by atoms with Crippen molar-refractivity contribution in [2.45, 2.75) is 57.8 Å². The molecule has 0 unspecified atom stereocenters. The molecular formula is C18H28N2O3S. The first-order chi connectivity index (χ1) is 11.4. The second-order valence-electron chi connectivity index (χ2n) is 6.39. The molecule has 1 aromatic carbocycles. The van der Waals surface area contributed by atoms with Gasteiger partial charge in [0.25, 0.3) is 0 Å². The van der Waals surface area contributed by atoms with Crippen molar-refractivity contribution < 1.29 is 13.2 Å². The summed E-state index contributed by atoms with van der Waals surface area (Å²) in [5, 5.41) is 2.95. The van der Waals surface area contributed by atoms with Gasteiger partial charge in [0, 0.05) is 24.7 Å². The van der Waals surface area contributed by atoms with Crippen molar-refractivity contribution in [3.05, 3.63) is 23.8 Å². The lowest BCUT2D eigenvalue weighted by Crippen LogP contribution is -2.31. The first-order valence-electron chi connectivity index (χ1n) is 8.81. The van der Waals surface area contributed by atoms with Gasteiger partial charge in [0.05, 0.1) is 4.90 Å². The van der Waals surface area contributed by atoms with E-state index in [1.54, 1.807) is 18.2 Å². The standard InChI is InChI=1S/C18H28N2O3S/c1-4-20(5-2)24(22,23)16-12-11-14(3)17(13-16)19-18(21)15-9-7-6-8-10-15/h11-13,15H,4-10H2,1-3H3,(H,19,21). The summed E-state index contributed by atoms with van der Waals surface area (Å²) in [6.45, 7) is 6.37. The van der Waals surface area contributed by atoms with Crippen LogP contribution in [0.4, 0.5) is 5.69 Å². The smallest absolute Gasteiger partial charge is 0.243 e. The Bertz CT molecular complexity index is 676. The Morgan fingerprint density at radius 2 is 1.79 bits per heavy atom. The van der Waals surface area contributed by atoms with E-state index in [1.165, 1.54) is 10.7 Å². The van der Waals surface area contributed by atoms with E-state index in [0.717, 1.165) is 31.2 Å². The van der Waals surface area contributed by atoms with Crippen molar-refractivity contribution in [1.29, 1.82) is 0 Å². The van der Waals surface area contributed by atoms with Crippen molar-refractivity contribution in [3.63, 3.8) is 0 Å². The summed E-state index contributed by atoms with van der Waals surface area (Å²) in [5.41, 5.74) is 1.47. The minimum Gasteiger partial charge on any atom is -0.326 e. The average Bonchev–Trinajstić information content (AvgIpc) is 2.58. The number of aryl methyl sites for hydroxylation is 1. The van der Waals surface area contributed by atoms with Gasteiger partial charge in [-0.1, -0.05) is 39.2 Å². The molecule has 24 heavy (non-hydrogen) atoms. The lowest BCUT2D eigenvalue weighted by molar-refractivity contribution is -0.120. The van der Waals surface area contributed by atoms with Gasteiger partial charge < -0.3 is 5.32 Å². The average molecular weight is 353 g/mol. The fourth-order valence-electron chi connectivity index (χ4n) is 3.21. The van der Waals surface area contributed by atoms with Gasteiger partial charge >= 0.3 is 0 Å². The Morgan fingerprint density at radius 3 is 2.38 bits per heavy atom. The fraction of sp³-hybridized carbons (Fsp3) is 0.611. The number of nitrogens with one attached hydrogen (secondary N) is 1. The molecule has 1 aliphatic carbocycles. The minimum absolute atomic E-state index is 0.00943. The number of rotatable bonds is 6. The molecule has 0 heterocycles. The molecule has 0 aliphatic heterocycles. The Labute approximate surface area is 145 Å². The largest absolute Gasteiger partial charge is 0.326 e. The van der Waals surface area contributed by atoms with Gasteiger partial charge in [-0.05, 0) is 37.5 Å². The lowest BCUT2D eigenvalue weighted by atomic mass is 9.88. The molecule has 0 bridgehead atoms. The molecule has 5 nitrogen and oxygen atoms in total. The summed E-state index contributed by atoms with van der Waals surface area (Å²) >= 11 is 0. The van der Waals surface area contributed by atoms with Crippen LogP contribution >= 0.6 is 0 Å². The maximum atomic E-state index is 12.7. The van der Waals surface area contributed by atoms with E-state index in [4.69, 9.17) is 0 Å². The molecular weight excluding hydrogens is 324 g/mol. The predicted octanol–water partition coefficient (Wildman–Crippen LogP) is 3.54. The molecule has 1 fully saturated rings. The summed E-state index contributed by atoms with van der Waals surface area (Å²) < 4.78 is 26.7. The molecule has 1 aromatic rings. The predicted molar refractivity (Wildman–Crippen MR) is 96.5 cm³/mol. The highest BCUT2D eigenvalue weighted by molar-refractivity contribution is 7.89. The zero-order valence-electron chi connectivity index (χ0n) is 14.8. The molecule has 1 saturated carbocycles. The Hall–Kier alpha value is -1.40. The molecule has 0 saturated heterocycles. The number of benzene rings is 1. The van der Waals surface area contributed by atoms with E-state index in [2.05, 4.69) is 5.32 Å². The Kier molecular flexibility index (Phi) is 6.40. The zero-order valence-corrected chi connectivity index (χ0v) is 15.7. The van der Waals surface area contributed by atoms with E-state index in [0.29, 0.717) is 18.8 Å². The summed E-state index contributed by atoms with van der Waals surface area (Å²) in [6, 6.07) is 4.95. The van der Waals surface area contributed by atoms with Crippen LogP contribution in [0.3, 0.4) is 0 Å². The third-order valence-corrected chi connectivity index (χ3v) is 6.83. The highest BCUT2D eigenvalue weighted by atomic mass is 32.2. The molecule has 0 aromatic heterocycles. The van der Waals surface area contributed by atoms with Crippen LogP contribution in [0.25, 0.3) is 0 Å². The normalized spacial score (nSPS) is 16.3. The van der Waals surface area contributed by atoms with Gasteiger partial charge in [-0.3, -0.25) is 4.79 Å². The maximum Gasteiger partial charge on any atom is 0.243 e. The van der Waals surface area contributed by atoms with Crippen LogP contribution in [0.2, 0.25) is 0 Å². The van der Waals surface area contributed by atoms with E-state index in [1.807, 2.05) is 20.8 Å². The van der Waals surface area contributed by atoms with Crippen LogP contribution in [-0.2, 0) is 14.8 Å². The number of sulfonamides is 1. The third kappa shape index (κ3) is 4.16. The van der Waals surface area contributed by atoms with Crippen molar-refractivity contribution in [2.75, 3.05) is 18.4 Å². The van der Waals surface area contributed by atoms with Crippen molar-refractivity contribution in [1.82, 2.24) is 4.31 Å². The van der Waals surface area contributed by atoms with E-state index >= 15 is 0 Å². The molecule has 0 atom stereocenters. The van der Waals surface area contributed by atoms with Crippen LogP contribution in [-0.4, -0.2) is 31.7 Å². The molecule has 1 N–H and O–H groups in total. The van der Waals surface area contributed by atoms with Crippen molar-refractivity contribution >= 4 is 21.6 Å². The van der Waals surface area contributed by atoms with E-state index in [9.17, 15) is 13.2 Å². The highest BCUT2D eigenvalue weighted by Crippen LogP contribution is 2.27. The summed E-state index contributed by atoms with van der Waals surface area (Å²) in [5.74, 6) is 0.0522. The number of amides is 1. The van der Waals surface area contributed by atoms with Crippen molar-refractivity contribution in [2.24, 2.45) is 5.92 Å². The van der Waals surface area contributed by atoms with Gasteiger partial charge in [-0.25, -0.2) is 8.42 Å². The van der Waals surface area contributed by atoms with Crippen LogP contribution in [0, 0.1) is 12.8 Å². The van der Waals surface area contributed by atoms with Crippen LogP contribution < -0.4 is 5.32 Å². The Morgan fingerprint density at radius 1 is 1.17 bits per heavy atom. The Balaban J connectivity index is 2.23. The third-order valence-electron chi connectivity index (χ3n) is 4.79. The maximum absolute atomic E-state index is 12.7. The fourth-order valence-corrected chi connectivity index (χ4v) is 4.69. The summed E-state index contributed by atoms with van der Waals surface area (Å²) in [6.07, 6.45) is 5.21. The monoisotopic (exact) mass is 352 g/mol. The number of nitrogens with zero attached hydrogens (tertiary/aromatic N) is 1.